The van der Waals surface area contributed by atoms with Crippen LogP contribution < -0.4 is 19.1 Å². The van der Waals surface area contributed by atoms with Gasteiger partial charge in [0.2, 0.25) is 0 Å². The Morgan fingerprint density at radius 2 is 1.84 bits per heavy atom. The molecule has 7 nitrogen and oxygen atoms in total. The molecular formula is C30H29NO6. The van der Waals surface area contributed by atoms with E-state index >= 15 is 0 Å². The third-order valence-corrected chi connectivity index (χ3v) is 6.38. The third-order valence-electron chi connectivity index (χ3n) is 6.38. The maximum Gasteiger partial charge on any atom is 0.300 e. The van der Waals surface area contributed by atoms with Gasteiger partial charge in [0.25, 0.3) is 11.7 Å². The zero-order chi connectivity index (χ0) is 26.1. The first-order valence-corrected chi connectivity index (χ1v) is 12.4. The summed E-state index contributed by atoms with van der Waals surface area (Å²) in [6, 6.07) is 18.8. The summed E-state index contributed by atoms with van der Waals surface area (Å²) >= 11 is 0. The van der Waals surface area contributed by atoms with Crippen LogP contribution in [0.1, 0.15) is 43.5 Å². The molecule has 0 aromatic heterocycles. The van der Waals surface area contributed by atoms with Gasteiger partial charge < -0.3 is 19.3 Å². The van der Waals surface area contributed by atoms with E-state index in [2.05, 4.69) is 0 Å². The van der Waals surface area contributed by atoms with Crippen LogP contribution in [0.25, 0.3) is 5.76 Å². The van der Waals surface area contributed by atoms with E-state index in [0.717, 1.165) is 17.7 Å². The first-order chi connectivity index (χ1) is 17.9. The summed E-state index contributed by atoms with van der Waals surface area (Å²) < 4.78 is 17.0. The number of fused-ring (bicyclic) bond motifs is 1. The SMILES string of the molecule is CCOc1cccc(N2C(=O)C(=O)/C(=C(\O)c3ccc4c(c3)CCO4)C2c2ccc(OC(C)C)cc2)c1. The molecule has 5 rings (SSSR count). The summed E-state index contributed by atoms with van der Waals surface area (Å²) in [6.45, 7) is 6.79. The van der Waals surface area contributed by atoms with Crippen LogP contribution in [0, 0.1) is 0 Å². The average Bonchev–Trinajstić information content (AvgIpc) is 3.46. The number of ether oxygens (including phenoxy) is 3. The van der Waals surface area contributed by atoms with Gasteiger partial charge in [0.05, 0.1) is 30.9 Å². The molecule has 2 aliphatic heterocycles. The zero-order valence-electron chi connectivity index (χ0n) is 21.1. The second-order valence-electron chi connectivity index (χ2n) is 9.26. The number of anilines is 1. The molecule has 2 heterocycles. The van der Waals surface area contributed by atoms with Crippen LogP contribution in [-0.4, -0.2) is 36.1 Å². The van der Waals surface area contributed by atoms with Crippen molar-refractivity contribution in [2.75, 3.05) is 18.1 Å². The summed E-state index contributed by atoms with van der Waals surface area (Å²) in [7, 11) is 0. The van der Waals surface area contributed by atoms with E-state index in [4.69, 9.17) is 14.2 Å². The van der Waals surface area contributed by atoms with Gasteiger partial charge in [0.1, 0.15) is 23.0 Å². The Bertz CT molecular complexity index is 1380. The molecule has 1 atom stereocenters. The van der Waals surface area contributed by atoms with Gasteiger partial charge in [-0.15, -0.1) is 0 Å². The molecule has 37 heavy (non-hydrogen) atoms. The Morgan fingerprint density at radius 1 is 1.05 bits per heavy atom. The number of benzene rings is 3. The van der Waals surface area contributed by atoms with Crippen LogP contribution >= 0.6 is 0 Å². The Morgan fingerprint density at radius 3 is 2.57 bits per heavy atom. The molecule has 2 aliphatic rings. The van der Waals surface area contributed by atoms with Crippen molar-refractivity contribution >= 4 is 23.1 Å². The van der Waals surface area contributed by atoms with Crippen molar-refractivity contribution in [3.8, 4) is 17.2 Å². The van der Waals surface area contributed by atoms with Crippen LogP contribution in [-0.2, 0) is 16.0 Å². The predicted octanol–water partition coefficient (Wildman–Crippen LogP) is 5.43. The van der Waals surface area contributed by atoms with E-state index in [1.165, 1.54) is 4.90 Å². The lowest BCUT2D eigenvalue weighted by Crippen LogP contribution is -2.29. The number of carbonyl (C=O) groups is 2. The minimum atomic E-state index is -0.838. The second-order valence-corrected chi connectivity index (χ2v) is 9.26. The van der Waals surface area contributed by atoms with Gasteiger partial charge in [-0.2, -0.15) is 0 Å². The first kappa shape index (κ1) is 24.4. The minimum Gasteiger partial charge on any atom is -0.507 e. The van der Waals surface area contributed by atoms with E-state index in [1.54, 1.807) is 48.5 Å². The Hall–Kier alpha value is -4.26. The zero-order valence-corrected chi connectivity index (χ0v) is 21.1. The van der Waals surface area contributed by atoms with E-state index < -0.39 is 17.7 Å². The molecule has 1 saturated heterocycles. The quantitative estimate of drug-likeness (QED) is 0.265. The monoisotopic (exact) mass is 499 g/mol. The van der Waals surface area contributed by atoms with Crippen molar-refractivity contribution in [3.63, 3.8) is 0 Å². The van der Waals surface area contributed by atoms with Crippen molar-refractivity contribution in [1.82, 2.24) is 0 Å². The Labute approximate surface area is 215 Å². The van der Waals surface area contributed by atoms with Crippen molar-refractivity contribution in [2.45, 2.75) is 39.3 Å². The standard InChI is InChI=1S/C30H29NO6/c1-4-35-24-7-5-6-22(17-24)31-27(19-8-11-23(12-9-19)37-18(2)3)26(29(33)30(31)34)28(32)21-10-13-25-20(16-21)14-15-36-25/h5-13,16-18,27,32H,4,14-15H2,1-3H3/b28-26-. The normalized spacial score (nSPS) is 18.2. The lowest BCUT2D eigenvalue weighted by atomic mass is 9.94. The fraction of sp³-hybridized carbons (Fsp3) is 0.267. The molecular weight excluding hydrogens is 470 g/mol. The number of carbonyl (C=O) groups excluding carboxylic acids is 2. The number of ketones is 1. The van der Waals surface area contributed by atoms with E-state index in [1.807, 2.05) is 39.0 Å². The highest BCUT2D eigenvalue weighted by Crippen LogP contribution is 2.43. The smallest absolute Gasteiger partial charge is 0.300 e. The molecule has 0 aliphatic carbocycles. The number of aliphatic hydroxyl groups is 1. The summed E-state index contributed by atoms with van der Waals surface area (Å²) in [6.07, 6.45) is 0.719. The average molecular weight is 500 g/mol. The summed E-state index contributed by atoms with van der Waals surface area (Å²) in [5, 5.41) is 11.4. The van der Waals surface area contributed by atoms with Crippen molar-refractivity contribution in [2.24, 2.45) is 0 Å². The molecule has 0 spiro atoms. The molecule has 190 valence electrons. The lowest BCUT2D eigenvalue weighted by molar-refractivity contribution is -0.132. The fourth-order valence-electron chi connectivity index (χ4n) is 4.79. The molecule has 1 amide bonds. The highest BCUT2D eigenvalue weighted by atomic mass is 16.5. The lowest BCUT2D eigenvalue weighted by Gasteiger charge is -2.26. The van der Waals surface area contributed by atoms with Crippen molar-refractivity contribution in [1.29, 1.82) is 0 Å². The Kier molecular flexibility index (Phi) is 6.61. The van der Waals surface area contributed by atoms with Gasteiger partial charge in [-0.25, -0.2) is 0 Å². The minimum absolute atomic E-state index is 0.00146. The van der Waals surface area contributed by atoms with Crippen LogP contribution in [0.15, 0.2) is 72.3 Å². The highest BCUT2D eigenvalue weighted by Gasteiger charge is 2.47. The van der Waals surface area contributed by atoms with Crippen LogP contribution in [0.3, 0.4) is 0 Å². The molecule has 3 aromatic rings. The molecule has 7 heteroatoms. The maximum absolute atomic E-state index is 13.5. The second kappa shape index (κ2) is 10.0. The van der Waals surface area contributed by atoms with Gasteiger partial charge in [0.15, 0.2) is 0 Å². The fourth-order valence-corrected chi connectivity index (χ4v) is 4.79. The van der Waals surface area contributed by atoms with Crippen LogP contribution in [0.2, 0.25) is 0 Å². The number of Topliss-reactive ketones (excluding diaryl/α,β-unsaturated/α-hetero) is 1. The maximum atomic E-state index is 13.5. The van der Waals surface area contributed by atoms with Crippen molar-refractivity contribution < 1.29 is 28.9 Å². The number of nitrogens with zero attached hydrogens (tertiary/aromatic N) is 1. The predicted molar refractivity (Wildman–Crippen MR) is 140 cm³/mol. The summed E-state index contributed by atoms with van der Waals surface area (Å²) in [5.41, 5.74) is 2.62. The molecule has 1 N–H and O–H groups in total. The van der Waals surface area contributed by atoms with Gasteiger partial charge in [0, 0.05) is 23.7 Å². The third kappa shape index (κ3) is 4.65. The first-order valence-electron chi connectivity index (χ1n) is 12.4. The molecule has 1 fully saturated rings. The number of aliphatic hydroxyl groups excluding tert-OH is 1. The molecule has 3 aromatic carbocycles. The van der Waals surface area contributed by atoms with Crippen LogP contribution in [0.5, 0.6) is 17.2 Å². The number of rotatable bonds is 7. The van der Waals surface area contributed by atoms with Crippen molar-refractivity contribution in [3.05, 3.63) is 89.0 Å². The summed E-state index contributed by atoms with van der Waals surface area (Å²) in [5.74, 6) is 0.342. The molecule has 1 unspecified atom stereocenters. The van der Waals surface area contributed by atoms with Gasteiger partial charge in [-0.05, 0) is 74.4 Å². The molecule has 0 bridgehead atoms. The van der Waals surface area contributed by atoms with E-state index in [-0.39, 0.29) is 17.4 Å². The highest BCUT2D eigenvalue weighted by molar-refractivity contribution is 6.51. The van der Waals surface area contributed by atoms with Gasteiger partial charge in [-0.1, -0.05) is 18.2 Å². The number of hydrogen-bond donors (Lipinski definition) is 1. The Balaban J connectivity index is 1.65. The van der Waals surface area contributed by atoms with Crippen LogP contribution in [0.4, 0.5) is 5.69 Å². The number of hydrogen-bond acceptors (Lipinski definition) is 6. The summed E-state index contributed by atoms with van der Waals surface area (Å²) in [4.78, 5) is 28.3. The topological polar surface area (TPSA) is 85.3 Å². The molecule has 0 radical (unpaired) electrons. The largest absolute Gasteiger partial charge is 0.507 e. The van der Waals surface area contributed by atoms with E-state index in [9.17, 15) is 14.7 Å². The van der Waals surface area contributed by atoms with Gasteiger partial charge >= 0.3 is 0 Å². The molecule has 0 saturated carbocycles. The van der Waals surface area contributed by atoms with Gasteiger partial charge in [-0.3, -0.25) is 14.5 Å². The number of amides is 1. The van der Waals surface area contributed by atoms with E-state index in [0.29, 0.717) is 41.5 Å².